The molecule has 4 heterocycles. The summed E-state index contributed by atoms with van der Waals surface area (Å²) in [6, 6.07) is 5.41. The maximum atomic E-state index is 12.4. The molecule has 0 bridgehead atoms. The lowest BCUT2D eigenvalue weighted by molar-refractivity contribution is 0.858. The Morgan fingerprint density at radius 2 is 1.86 bits per heavy atom. The standard InChI is InChI=1S/C14H9N5O.ClH/c20-14-11-8-17-12-3-5-16-7-10(12)13(11)18-19(14)9-2-1-4-15-6-9;/h1-8,18H;1H. The summed E-state index contributed by atoms with van der Waals surface area (Å²) in [5.41, 5.74) is 2.07. The maximum absolute atomic E-state index is 12.4. The zero-order chi connectivity index (χ0) is 13.5. The second-order valence-electron chi connectivity index (χ2n) is 4.40. The number of rotatable bonds is 1. The van der Waals surface area contributed by atoms with E-state index in [4.69, 9.17) is 0 Å². The van der Waals surface area contributed by atoms with Gasteiger partial charge < -0.3 is 0 Å². The number of aromatic amines is 1. The van der Waals surface area contributed by atoms with Gasteiger partial charge in [-0.05, 0) is 18.2 Å². The minimum Gasteiger partial charge on any atom is -0.289 e. The summed E-state index contributed by atoms with van der Waals surface area (Å²) in [5.74, 6) is 0. The normalized spacial score (nSPS) is 10.7. The van der Waals surface area contributed by atoms with Gasteiger partial charge in [-0.3, -0.25) is 24.8 Å². The highest BCUT2D eigenvalue weighted by molar-refractivity contribution is 6.02. The first kappa shape index (κ1) is 13.3. The van der Waals surface area contributed by atoms with Crippen molar-refractivity contribution in [1.29, 1.82) is 0 Å². The van der Waals surface area contributed by atoms with E-state index in [1.807, 2.05) is 12.1 Å². The Bertz CT molecular complexity index is 977. The number of nitrogens with zero attached hydrogens (tertiary/aromatic N) is 4. The Morgan fingerprint density at radius 1 is 1.00 bits per heavy atom. The minimum absolute atomic E-state index is 0. The number of hydrogen-bond acceptors (Lipinski definition) is 4. The molecule has 104 valence electrons. The highest BCUT2D eigenvalue weighted by atomic mass is 35.5. The van der Waals surface area contributed by atoms with Crippen LogP contribution in [0.25, 0.3) is 27.5 Å². The molecular weight excluding hydrogens is 290 g/mol. The minimum atomic E-state index is -0.147. The van der Waals surface area contributed by atoms with Gasteiger partial charge in [0.15, 0.2) is 0 Å². The van der Waals surface area contributed by atoms with Crippen LogP contribution >= 0.6 is 12.4 Å². The van der Waals surface area contributed by atoms with Crippen molar-refractivity contribution in [3.05, 3.63) is 59.5 Å². The van der Waals surface area contributed by atoms with Crippen molar-refractivity contribution in [1.82, 2.24) is 24.7 Å². The van der Waals surface area contributed by atoms with Crippen LogP contribution in [0.15, 0.2) is 54.0 Å². The zero-order valence-electron chi connectivity index (χ0n) is 10.7. The predicted octanol–water partition coefficient (Wildman–Crippen LogP) is 2.08. The van der Waals surface area contributed by atoms with Crippen LogP contribution in [0.3, 0.4) is 0 Å². The molecule has 21 heavy (non-hydrogen) atoms. The third-order valence-corrected chi connectivity index (χ3v) is 3.23. The van der Waals surface area contributed by atoms with Gasteiger partial charge in [-0.1, -0.05) is 0 Å². The third-order valence-electron chi connectivity index (χ3n) is 3.23. The van der Waals surface area contributed by atoms with Crippen molar-refractivity contribution in [3.63, 3.8) is 0 Å². The number of pyridine rings is 3. The van der Waals surface area contributed by atoms with Crippen LogP contribution < -0.4 is 5.56 Å². The van der Waals surface area contributed by atoms with E-state index in [2.05, 4.69) is 20.1 Å². The molecule has 0 saturated heterocycles. The Hall–Kier alpha value is -2.73. The fourth-order valence-electron chi connectivity index (χ4n) is 2.27. The van der Waals surface area contributed by atoms with Crippen LogP contribution in [-0.4, -0.2) is 24.7 Å². The first-order chi connectivity index (χ1) is 9.84. The lowest BCUT2D eigenvalue weighted by Crippen LogP contribution is -2.14. The van der Waals surface area contributed by atoms with Crippen molar-refractivity contribution >= 4 is 34.2 Å². The summed E-state index contributed by atoms with van der Waals surface area (Å²) in [6.45, 7) is 0. The van der Waals surface area contributed by atoms with Crippen molar-refractivity contribution in [2.24, 2.45) is 0 Å². The van der Waals surface area contributed by atoms with Crippen molar-refractivity contribution in [2.75, 3.05) is 0 Å². The molecule has 0 aliphatic heterocycles. The first-order valence-corrected chi connectivity index (χ1v) is 6.08. The number of nitrogens with one attached hydrogen (secondary N) is 1. The molecule has 0 spiro atoms. The van der Waals surface area contributed by atoms with Crippen LogP contribution in [0.4, 0.5) is 0 Å². The fraction of sp³-hybridized carbons (Fsp3) is 0. The van der Waals surface area contributed by atoms with Crippen molar-refractivity contribution < 1.29 is 0 Å². The Balaban J connectivity index is 0.00000132. The van der Waals surface area contributed by atoms with Gasteiger partial charge in [0, 0.05) is 30.2 Å². The predicted molar refractivity (Wildman–Crippen MR) is 82.0 cm³/mol. The third kappa shape index (κ3) is 1.96. The number of H-pyrrole nitrogens is 1. The van der Waals surface area contributed by atoms with Crippen molar-refractivity contribution in [3.8, 4) is 5.69 Å². The molecule has 7 heteroatoms. The van der Waals surface area contributed by atoms with Crippen molar-refractivity contribution in [2.45, 2.75) is 0 Å². The second-order valence-corrected chi connectivity index (χ2v) is 4.40. The van der Waals surface area contributed by atoms with Crippen LogP contribution in [-0.2, 0) is 0 Å². The van der Waals surface area contributed by atoms with Gasteiger partial charge >= 0.3 is 0 Å². The molecule has 4 aromatic rings. The SMILES string of the molecule is Cl.O=c1c2cnc3ccncc3c2[nH]n1-c1cccnc1. The average molecular weight is 300 g/mol. The molecule has 0 atom stereocenters. The summed E-state index contributed by atoms with van der Waals surface area (Å²) in [6.07, 6.45) is 8.26. The molecule has 0 amide bonds. The molecule has 4 aromatic heterocycles. The lowest BCUT2D eigenvalue weighted by atomic mass is 10.2. The number of halogens is 1. The van der Waals surface area contributed by atoms with Gasteiger partial charge in [0.25, 0.3) is 5.56 Å². The van der Waals surface area contributed by atoms with E-state index in [1.165, 1.54) is 4.68 Å². The van der Waals surface area contributed by atoms with E-state index >= 15 is 0 Å². The largest absolute Gasteiger partial charge is 0.289 e. The fourth-order valence-corrected chi connectivity index (χ4v) is 2.27. The van der Waals surface area contributed by atoms with E-state index in [-0.39, 0.29) is 18.0 Å². The van der Waals surface area contributed by atoms with E-state index in [0.29, 0.717) is 11.1 Å². The van der Waals surface area contributed by atoms with Gasteiger partial charge in [0.2, 0.25) is 0 Å². The molecule has 0 radical (unpaired) electrons. The molecule has 0 aliphatic rings. The molecule has 0 saturated carbocycles. The summed E-state index contributed by atoms with van der Waals surface area (Å²) in [7, 11) is 0. The van der Waals surface area contributed by atoms with E-state index in [0.717, 1.165) is 16.4 Å². The van der Waals surface area contributed by atoms with Gasteiger partial charge in [-0.15, -0.1) is 12.4 Å². The summed E-state index contributed by atoms with van der Waals surface area (Å²) < 4.78 is 1.46. The van der Waals surface area contributed by atoms with Crippen LogP contribution in [0, 0.1) is 0 Å². The monoisotopic (exact) mass is 299 g/mol. The highest BCUT2D eigenvalue weighted by Gasteiger charge is 2.11. The quantitative estimate of drug-likeness (QED) is 0.584. The van der Waals surface area contributed by atoms with E-state index in [1.54, 1.807) is 37.1 Å². The van der Waals surface area contributed by atoms with Crippen LogP contribution in [0.2, 0.25) is 0 Å². The summed E-state index contributed by atoms with van der Waals surface area (Å²) in [5, 5.41) is 4.47. The summed E-state index contributed by atoms with van der Waals surface area (Å²) >= 11 is 0. The molecule has 1 N–H and O–H groups in total. The summed E-state index contributed by atoms with van der Waals surface area (Å²) in [4.78, 5) is 24.8. The molecule has 0 aromatic carbocycles. The zero-order valence-corrected chi connectivity index (χ0v) is 11.5. The van der Waals surface area contributed by atoms with Gasteiger partial charge in [0.1, 0.15) is 0 Å². The molecule has 6 nitrogen and oxygen atoms in total. The molecule has 4 rings (SSSR count). The second kappa shape index (κ2) is 4.99. The topological polar surface area (TPSA) is 76.5 Å². The smallest absolute Gasteiger partial charge is 0.280 e. The Kier molecular flexibility index (Phi) is 3.15. The Morgan fingerprint density at radius 3 is 2.67 bits per heavy atom. The molecule has 0 aliphatic carbocycles. The highest BCUT2D eigenvalue weighted by Crippen LogP contribution is 2.19. The first-order valence-electron chi connectivity index (χ1n) is 6.08. The van der Waals surface area contributed by atoms with Crippen LogP contribution in [0.1, 0.15) is 0 Å². The average Bonchev–Trinajstić information content (AvgIpc) is 2.86. The molecular formula is C14H10ClN5O. The number of hydrogen-bond donors (Lipinski definition) is 1. The number of fused-ring (bicyclic) bond motifs is 3. The van der Waals surface area contributed by atoms with Gasteiger partial charge in [-0.25, -0.2) is 4.68 Å². The Labute approximate surface area is 124 Å². The maximum Gasteiger partial charge on any atom is 0.280 e. The molecule has 0 fully saturated rings. The lowest BCUT2D eigenvalue weighted by Gasteiger charge is -1.99. The van der Waals surface area contributed by atoms with Gasteiger partial charge in [0.05, 0.1) is 28.3 Å². The van der Waals surface area contributed by atoms with Crippen LogP contribution in [0.5, 0.6) is 0 Å². The van der Waals surface area contributed by atoms with E-state index in [9.17, 15) is 4.79 Å². The molecule has 0 unspecified atom stereocenters. The van der Waals surface area contributed by atoms with Gasteiger partial charge in [-0.2, -0.15) is 0 Å². The number of aromatic nitrogens is 5. The van der Waals surface area contributed by atoms with E-state index < -0.39 is 0 Å².